The molecule has 0 aliphatic rings. The Balaban J connectivity index is 3.02. The lowest BCUT2D eigenvalue weighted by Crippen LogP contribution is -2.27. The molecule has 0 saturated carbocycles. The minimum atomic E-state index is -0.247. The monoisotopic (exact) mass is 267 g/mol. The molecule has 1 unspecified atom stereocenters. The Morgan fingerprint density at radius 2 is 2.00 bits per heavy atom. The Morgan fingerprint density at radius 1 is 1.32 bits per heavy atom. The molecule has 1 N–H and O–H groups in total. The highest BCUT2D eigenvalue weighted by atomic mass is 19.1. The molecule has 0 radical (unpaired) electrons. The summed E-state index contributed by atoms with van der Waals surface area (Å²) >= 11 is 0. The van der Waals surface area contributed by atoms with E-state index in [1.54, 1.807) is 6.07 Å². The fourth-order valence-corrected chi connectivity index (χ4v) is 2.18. The summed E-state index contributed by atoms with van der Waals surface area (Å²) in [6.45, 7) is 9.52. The molecule has 1 rings (SSSR count). The minimum absolute atomic E-state index is 0.0232. The van der Waals surface area contributed by atoms with Crippen molar-refractivity contribution in [3.05, 3.63) is 29.6 Å². The Hall–Kier alpha value is -1.09. The Kier molecular flexibility index (Phi) is 5.80. The second-order valence-electron chi connectivity index (χ2n) is 6.13. The summed E-state index contributed by atoms with van der Waals surface area (Å²) in [6.07, 6.45) is 1.92. The largest absolute Gasteiger partial charge is 0.494 e. The summed E-state index contributed by atoms with van der Waals surface area (Å²) in [5.74, 6) is 0.0672. The van der Waals surface area contributed by atoms with Crippen LogP contribution in [0.4, 0.5) is 4.39 Å². The topological polar surface area (TPSA) is 21.3 Å². The van der Waals surface area contributed by atoms with Gasteiger partial charge in [-0.2, -0.15) is 0 Å². The predicted octanol–water partition coefficient (Wildman–Crippen LogP) is 4.31. The van der Waals surface area contributed by atoms with Crippen molar-refractivity contribution in [2.45, 2.75) is 46.6 Å². The molecular weight excluding hydrogens is 241 g/mol. The maximum absolute atomic E-state index is 14.4. The van der Waals surface area contributed by atoms with Crippen LogP contribution in [0.25, 0.3) is 0 Å². The number of hydrogen-bond donors (Lipinski definition) is 1. The van der Waals surface area contributed by atoms with Gasteiger partial charge in [-0.1, -0.05) is 39.8 Å². The van der Waals surface area contributed by atoms with Crippen LogP contribution in [0.2, 0.25) is 0 Å². The van der Waals surface area contributed by atoms with E-state index in [1.807, 2.05) is 12.1 Å². The average Bonchev–Trinajstić information content (AvgIpc) is 2.33. The first-order chi connectivity index (χ1) is 8.89. The molecule has 0 fully saturated rings. The van der Waals surface area contributed by atoms with Gasteiger partial charge in [-0.15, -0.1) is 0 Å². The molecule has 0 spiro atoms. The first-order valence-corrected chi connectivity index (χ1v) is 6.95. The molecule has 2 nitrogen and oxygen atoms in total. The van der Waals surface area contributed by atoms with E-state index in [1.165, 1.54) is 7.11 Å². The van der Waals surface area contributed by atoms with Gasteiger partial charge in [-0.05, 0) is 30.9 Å². The van der Waals surface area contributed by atoms with Gasteiger partial charge in [0.15, 0.2) is 11.6 Å². The molecule has 108 valence electrons. The SMILES string of the molecule is CCCNC(CC(C)(C)C)c1cccc(OC)c1F. The minimum Gasteiger partial charge on any atom is -0.494 e. The average molecular weight is 267 g/mol. The summed E-state index contributed by atoms with van der Waals surface area (Å²) in [5, 5.41) is 3.44. The van der Waals surface area contributed by atoms with Crippen LogP contribution in [0.1, 0.15) is 52.1 Å². The van der Waals surface area contributed by atoms with Crippen LogP contribution in [-0.2, 0) is 0 Å². The fraction of sp³-hybridized carbons (Fsp3) is 0.625. The van der Waals surface area contributed by atoms with Gasteiger partial charge in [-0.25, -0.2) is 4.39 Å². The third-order valence-electron chi connectivity index (χ3n) is 3.05. The third-order valence-corrected chi connectivity index (χ3v) is 3.05. The molecule has 0 aliphatic carbocycles. The van der Waals surface area contributed by atoms with Crippen LogP contribution in [0.5, 0.6) is 5.75 Å². The number of methoxy groups -OCH3 is 1. The van der Waals surface area contributed by atoms with Crippen LogP contribution in [0, 0.1) is 11.2 Å². The number of hydrogen-bond acceptors (Lipinski definition) is 2. The molecular formula is C16H26FNO. The van der Waals surface area contributed by atoms with Crippen molar-refractivity contribution < 1.29 is 9.13 Å². The summed E-state index contributed by atoms with van der Waals surface area (Å²) in [5.41, 5.74) is 0.837. The smallest absolute Gasteiger partial charge is 0.169 e. The first-order valence-electron chi connectivity index (χ1n) is 6.95. The fourth-order valence-electron chi connectivity index (χ4n) is 2.18. The molecule has 0 aromatic heterocycles. The summed E-state index contributed by atoms with van der Waals surface area (Å²) in [4.78, 5) is 0. The molecule has 3 heteroatoms. The molecule has 1 aromatic rings. The molecule has 1 atom stereocenters. The van der Waals surface area contributed by atoms with Crippen LogP contribution in [0.15, 0.2) is 18.2 Å². The van der Waals surface area contributed by atoms with Crippen molar-refractivity contribution >= 4 is 0 Å². The normalized spacial score (nSPS) is 13.4. The lowest BCUT2D eigenvalue weighted by atomic mass is 9.85. The van der Waals surface area contributed by atoms with E-state index in [9.17, 15) is 4.39 Å². The Bertz CT molecular complexity index is 398. The van der Waals surface area contributed by atoms with Crippen molar-refractivity contribution in [2.75, 3.05) is 13.7 Å². The van der Waals surface area contributed by atoms with Gasteiger partial charge in [0.1, 0.15) is 0 Å². The zero-order chi connectivity index (χ0) is 14.5. The number of rotatable bonds is 6. The molecule has 0 amide bonds. The second kappa shape index (κ2) is 6.90. The van der Waals surface area contributed by atoms with E-state index in [2.05, 4.69) is 33.0 Å². The quantitative estimate of drug-likeness (QED) is 0.829. The lowest BCUT2D eigenvalue weighted by molar-refractivity contribution is 0.303. The highest BCUT2D eigenvalue weighted by Crippen LogP contribution is 2.33. The van der Waals surface area contributed by atoms with Crippen LogP contribution < -0.4 is 10.1 Å². The lowest BCUT2D eigenvalue weighted by Gasteiger charge is -2.28. The van der Waals surface area contributed by atoms with E-state index in [0.717, 1.165) is 19.4 Å². The summed E-state index contributed by atoms with van der Waals surface area (Å²) < 4.78 is 19.4. The van der Waals surface area contributed by atoms with Gasteiger partial charge in [0.25, 0.3) is 0 Å². The number of nitrogens with one attached hydrogen (secondary N) is 1. The zero-order valence-corrected chi connectivity index (χ0v) is 12.7. The van der Waals surface area contributed by atoms with E-state index in [4.69, 9.17) is 4.74 Å². The standard InChI is InChI=1S/C16H26FNO/c1-6-10-18-13(11-16(2,3)4)12-8-7-9-14(19-5)15(12)17/h7-9,13,18H,6,10-11H2,1-5H3. The van der Waals surface area contributed by atoms with Crippen molar-refractivity contribution in [3.63, 3.8) is 0 Å². The highest BCUT2D eigenvalue weighted by molar-refractivity contribution is 5.33. The van der Waals surface area contributed by atoms with Gasteiger partial charge >= 0.3 is 0 Å². The van der Waals surface area contributed by atoms with E-state index >= 15 is 0 Å². The zero-order valence-electron chi connectivity index (χ0n) is 12.7. The molecule has 0 aliphatic heterocycles. The van der Waals surface area contributed by atoms with Crippen LogP contribution >= 0.6 is 0 Å². The second-order valence-corrected chi connectivity index (χ2v) is 6.13. The highest BCUT2D eigenvalue weighted by Gasteiger charge is 2.23. The maximum atomic E-state index is 14.4. The number of halogens is 1. The number of ether oxygens (including phenoxy) is 1. The van der Waals surface area contributed by atoms with Crippen molar-refractivity contribution in [3.8, 4) is 5.75 Å². The Morgan fingerprint density at radius 3 is 2.53 bits per heavy atom. The van der Waals surface area contributed by atoms with Gasteiger partial charge in [-0.3, -0.25) is 0 Å². The predicted molar refractivity (Wildman–Crippen MR) is 78.1 cm³/mol. The molecule has 0 bridgehead atoms. The molecule has 0 saturated heterocycles. The molecule has 19 heavy (non-hydrogen) atoms. The van der Waals surface area contributed by atoms with Crippen LogP contribution in [0.3, 0.4) is 0 Å². The number of benzene rings is 1. The van der Waals surface area contributed by atoms with Gasteiger partial charge in [0.2, 0.25) is 0 Å². The Labute approximate surface area is 116 Å². The first kappa shape index (κ1) is 16.0. The molecule has 1 aromatic carbocycles. The van der Waals surface area contributed by atoms with E-state index < -0.39 is 0 Å². The van der Waals surface area contributed by atoms with Gasteiger partial charge in [0.05, 0.1) is 7.11 Å². The van der Waals surface area contributed by atoms with Gasteiger partial charge < -0.3 is 10.1 Å². The van der Waals surface area contributed by atoms with Crippen molar-refractivity contribution in [1.29, 1.82) is 0 Å². The summed E-state index contributed by atoms with van der Waals surface area (Å²) in [7, 11) is 1.50. The van der Waals surface area contributed by atoms with Gasteiger partial charge in [0, 0.05) is 11.6 Å². The van der Waals surface area contributed by atoms with Crippen LogP contribution in [-0.4, -0.2) is 13.7 Å². The summed E-state index contributed by atoms with van der Waals surface area (Å²) in [6, 6.07) is 5.37. The maximum Gasteiger partial charge on any atom is 0.169 e. The van der Waals surface area contributed by atoms with E-state index in [0.29, 0.717) is 11.3 Å². The third kappa shape index (κ3) is 4.83. The van der Waals surface area contributed by atoms with Crippen molar-refractivity contribution in [1.82, 2.24) is 5.32 Å². The van der Waals surface area contributed by atoms with E-state index in [-0.39, 0.29) is 17.3 Å². The molecule has 0 heterocycles. The van der Waals surface area contributed by atoms with Crippen molar-refractivity contribution in [2.24, 2.45) is 5.41 Å².